The Morgan fingerprint density at radius 3 is 2.59 bits per heavy atom. The van der Waals surface area contributed by atoms with Gasteiger partial charge in [0.1, 0.15) is 5.65 Å². The number of aryl methyl sites for hydroxylation is 1. The van der Waals surface area contributed by atoms with Gasteiger partial charge in [-0.25, -0.2) is 4.98 Å². The number of halogens is 1. The number of nitrogens with one attached hydrogen (secondary N) is 1. The molecule has 0 fully saturated rings. The molecule has 0 atom stereocenters. The van der Waals surface area contributed by atoms with Crippen LogP contribution in [0.2, 0.25) is 0 Å². The molecule has 1 N–H and O–H groups in total. The second-order valence-corrected chi connectivity index (χ2v) is 6.68. The summed E-state index contributed by atoms with van der Waals surface area (Å²) in [6.45, 7) is 2.31. The van der Waals surface area contributed by atoms with Crippen molar-refractivity contribution in [3.05, 3.63) is 51.9 Å². The number of nitrogens with zero attached hydrogens (tertiary/aromatic N) is 2. The summed E-state index contributed by atoms with van der Waals surface area (Å²) < 4.78 is 18.4. The highest BCUT2D eigenvalue weighted by Gasteiger charge is 2.22. The number of ether oxygens (including phenoxy) is 3. The Kier molecular flexibility index (Phi) is 5.55. The first kappa shape index (κ1) is 19.0. The molecule has 3 rings (SSSR count). The minimum atomic E-state index is -0.283. The number of pyridine rings is 1. The van der Waals surface area contributed by atoms with E-state index in [4.69, 9.17) is 14.2 Å². The average Bonchev–Trinajstić information content (AvgIpc) is 3.07. The molecule has 0 bridgehead atoms. The summed E-state index contributed by atoms with van der Waals surface area (Å²) in [6, 6.07) is 5.60. The number of imidazole rings is 1. The summed E-state index contributed by atoms with van der Waals surface area (Å²) in [5.41, 5.74) is 3.11. The summed E-state index contributed by atoms with van der Waals surface area (Å²) in [6.07, 6.45) is 3.83. The molecule has 0 aliphatic rings. The van der Waals surface area contributed by atoms with Crippen molar-refractivity contribution in [1.82, 2.24) is 14.7 Å². The van der Waals surface area contributed by atoms with Crippen LogP contribution in [0.1, 0.15) is 21.6 Å². The molecule has 0 radical (unpaired) electrons. The fraction of sp³-hybridized carbons (Fsp3) is 0.263. The fourth-order valence-corrected chi connectivity index (χ4v) is 3.41. The topological polar surface area (TPSA) is 74.1 Å². The van der Waals surface area contributed by atoms with Crippen molar-refractivity contribution in [2.24, 2.45) is 0 Å². The first-order valence-electron chi connectivity index (χ1n) is 8.19. The van der Waals surface area contributed by atoms with E-state index in [9.17, 15) is 4.79 Å². The van der Waals surface area contributed by atoms with Crippen molar-refractivity contribution >= 4 is 27.5 Å². The third kappa shape index (κ3) is 3.71. The minimum absolute atomic E-state index is 0.283. The third-order valence-corrected chi connectivity index (χ3v) is 4.90. The zero-order chi connectivity index (χ0) is 19.6. The van der Waals surface area contributed by atoms with Crippen molar-refractivity contribution < 1.29 is 19.0 Å². The summed E-state index contributed by atoms with van der Waals surface area (Å²) in [5, 5.41) is 2.88. The molecule has 8 heteroatoms. The van der Waals surface area contributed by atoms with Crippen LogP contribution in [0.15, 0.2) is 35.1 Å². The van der Waals surface area contributed by atoms with Gasteiger partial charge in [-0.15, -0.1) is 0 Å². The summed E-state index contributed by atoms with van der Waals surface area (Å²) in [5.74, 6) is 0.935. The fourth-order valence-electron chi connectivity index (χ4n) is 2.77. The first-order valence-corrected chi connectivity index (χ1v) is 8.98. The zero-order valence-corrected chi connectivity index (χ0v) is 17.1. The van der Waals surface area contributed by atoms with Crippen LogP contribution in [0.4, 0.5) is 0 Å². The molecular formula is C19H20BrN3O4. The number of rotatable bonds is 6. The van der Waals surface area contributed by atoms with Gasteiger partial charge in [0.25, 0.3) is 5.91 Å². The van der Waals surface area contributed by atoms with Crippen molar-refractivity contribution in [3.63, 3.8) is 0 Å². The van der Waals surface area contributed by atoms with Crippen LogP contribution >= 0.6 is 15.9 Å². The molecule has 1 aromatic carbocycles. The molecule has 0 unspecified atom stereocenters. The van der Waals surface area contributed by atoms with Crippen LogP contribution in [0.5, 0.6) is 17.2 Å². The number of methoxy groups -OCH3 is 3. The molecule has 7 nitrogen and oxygen atoms in total. The average molecular weight is 434 g/mol. The van der Waals surface area contributed by atoms with Gasteiger partial charge in [-0.05, 0) is 46.6 Å². The van der Waals surface area contributed by atoms with Crippen LogP contribution in [0, 0.1) is 6.92 Å². The number of amides is 1. The highest BCUT2D eigenvalue weighted by atomic mass is 79.9. The van der Waals surface area contributed by atoms with Crippen molar-refractivity contribution in [1.29, 1.82) is 0 Å². The number of benzene rings is 1. The highest BCUT2D eigenvalue weighted by molar-refractivity contribution is 9.10. The van der Waals surface area contributed by atoms with Crippen molar-refractivity contribution in [3.8, 4) is 17.2 Å². The SMILES string of the molecule is COc1cc(C(=O)NCc2cn3ccc(C)cc3n2)c(Br)c(OC)c1OC. The van der Waals surface area contributed by atoms with E-state index in [0.29, 0.717) is 33.8 Å². The lowest BCUT2D eigenvalue weighted by molar-refractivity contribution is 0.0948. The molecule has 0 aliphatic heterocycles. The summed E-state index contributed by atoms with van der Waals surface area (Å²) >= 11 is 3.42. The molecule has 2 heterocycles. The number of hydrogen-bond donors (Lipinski definition) is 1. The third-order valence-electron chi connectivity index (χ3n) is 4.11. The summed E-state index contributed by atoms with van der Waals surface area (Å²) in [7, 11) is 4.52. The van der Waals surface area contributed by atoms with Gasteiger partial charge in [-0.2, -0.15) is 0 Å². The molecule has 1 amide bonds. The zero-order valence-electron chi connectivity index (χ0n) is 15.5. The van der Waals surface area contributed by atoms with E-state index in [2.05, 4.69) is 26.2 Å². The van der Waals surface area contributed by atoms with Gasteiger partial charge < -0.3 is 23.9 Å². The Morgan fingerprint density at radius 1 is 1.19 bits per heavy atom. The smallest absolute Gasteiger partial charge is 0.253 e. The summed E-state index contributed by atoms with van der Waals surface area (Å²) in [4.78, 5) is 17.2. The van der Waals surface area contributed by atoms with Gasteiger partial charge >= 0.3 is 0 Å². The van der Waals surface area contributed by atoms with Crippen LogP contribution in [-0.2, 0) is 6.54 Å². The first-order chi connectivity index (χ1) is 13.0. The van der Waals surface area contributed by atoms with E-state index in [1.54, 1.807) is 6.07 Å². The van der Waals surface area contributed by atoms with E-state index < -0.39 is 0 Å². The standard InChI is InChI=1S/C19H20BrN3O4/c1-11-5-6-23-10-12(22-15(23)7-11)9-21-19(24)13-8-14(25-2)17(26-3)18(27-4)16(13)20/h5-8,10H,9H2,1-4H3,(H,21,24). The van der Waals surface area contributed by atoms with Crippen LogP contribution < -0.4 is 19.5 Å². The second kappa shape index (κ2) is 7.87. The number of hydrogen-bond acceptors (Lipinski definition) is 5. The van der Waals surface area contributed by atoms with E-state index in [-0.39, 0.29) is 5.91 Å². The Bertz CT molecular complexity index is 1000. The molecular weight excluding hydrogens is 414 g/mol. The number of fused-ring (bicyclic) bond motifs is 1. The van der Waals surface area contributed by atoms with Gasteiger partial charge in [0.2, 0.25) is 5.75 Å². The van der Waals surface area contributed by atoms with Gasteiger partial charge in [-0.1, -0.05) is 0 Å². The molecule has 3 aromatic rings. The van der Waals surface area contributed by atoms with Gasteiger partial charge in [-0.3, -0.25) is 4.79 Å². The van der Waals surface area contributed by atoms with Crippen LogP contribution in [-0.4, -0.2) is 36.6 Å². The van der Waals surface area contributed by atoms with Gasteiger partial charge in [0.15, 0.2) is 11.5 Å². The lowest BCUT2D eigenvalue weighted by Gasteiger charge is -2.16. The lowest BCUT2D eigenvalue weighted by atomic mass is 10.1. The van der Waals surface area contributed by atoms with E-state index in [1.807, 2.05) is 35.9 Å². The molecule has 2 aromatic heterocycles. The molecule has 0 saturated heterocycles. The lowest BCUT2D eigenvalue weighted by Crippen LogP contribution is -2.23. The van der Waals surface area contributed by atoms with Crippen molar-refractivity contribution in [2.45, 2.75) is 13.5 Å². The Balaban J connectivity index is 1.84. The monoisotopic (exact) mass is 433 g/mol. The maximum absolute atomic E-state index is 12.7. The van der Waals surface area contributed by atoms with Crippen molar-refractivity contribution in [2.75, 3.05) is 21.3 Å². The maximum atomic E-state index is 12.7. The Labute approximate surface area is 165 Å². The molecule has 0 aliphatic carbocycles. The highest BCUT2D eigenvalue weighted by Crippen LogP contribution is 2.44. The van der Waals surface area contributed by atoms with E-state index in [1.165, 1.54) is 21.3 Å². The van der Waals surface area contributed by atoms with Gasteiger partial charge in [0.05, 0.1) is 43.6 Å². The Hall–Kier alpha value is -2.74. The minimum Gasteiger partial charge on any atom is -0.493 e. The van der Waals surface area contributed by atoms with Crippen LogP contribution in [0.25, 0.3) is 5.65 Å². The maximum Gasteiger partial charge on any atom is 0.253 e. The number of aromatic nitrogens is 2. The second-order valence-electron chi connectivity index (χ2n) is 5.89. The van der Waals surface area contributed by atoms with E-state index in [0.717, 1.165) is 16.9 Å². The Morgan fingerprint density at radius 2 is 1.93 bits per heavy atom. The van der Waals surface area contributed by atoms with E-state index >= 15 is 0 Å². The predicted octanol–water partition coefficient (Wildman–Crippen LogP) is 3.36. The normalized spacial score (nSPS) is 10.7. The number of carbonyl (C=O) groups excluding carboxylic acids is 1. The van der Waals surface area contributed by atoms with Gasteiger partial charge in [0, 0.05) is 12.4 Å². The quantitative estimate of drug-likeness (QED) is 0.644. The van der Waals surface area contributed by atoms with Crippen LogP contribution in [0.3, 0.4) is 0 Å². The molecule has 142 valence electrons. The molecule has 0 saturated carbocycles. The molecule has 27 heavy (non-hydrogen) atoms. The number of carbonyl (C=O) groups is 1. The largest absolute Gasteiger partial charge is 0.493 e. The predicted molar refractivity (Wildman–Crippen MR) is 105 cm³/mol. The molecule has 0 spiro atoms.